The monoisotopic (exact) mass is 427 g/mol. The van der Waals surface area contributed by atoms with Gasteiger partial charge in [0.05, 0.1) is 41.9 Å². The number of hydrogen-bond acceptors (Lipinski definition) is 6. The minimum atomic E-state index is -3.56. The molecule has 2 heterocycles. The van der Waals surface area contributed by atoms with Gasteiger partial charge in [-0.2, -0.15) is 9.57 Å². The molecule has 0 unspecified atom stereocenters. The summed E-state index contributed by atoms with van der Waals surface area (Å²) in [6.45, 7) is 1.45. The van der Waals surface area contributed by atoms with Crippen LogP contribution in [0.2, 0.25) is 0 Å². The number of piperidine rings is 1. The second kappa shape index (κ2) is 8.26. The van der Waals surface area contributed by atoms with Crippen LogP contribution in [0.4, 0.5) is 5.69 Å². The molecule has 30 heavy (non-hydrogen) atoms. The van der Waals surface area contributed by atoms with E-state index in [1.54, 1.807) is 7.11 Å². The quantitative estimate of drug-likeness (QED) is 0.789. The van der Waals surface area contributed by atoms with Gasteiger partial charge in [-0.1, -0.05) is 6.07 Å². The predicted molar refractivity (Wildman–Crippen MR) is 113 cm³/mol. The molecule has 0 amide bonds. The summed E-state index contributed by atoms with van der Waals surface area (Å²) in [5.74, 6) is 0.801. The van der Waals surface area contributed by atoms with E-state index in [2.05, 4.69) is 5.32 Å². The molecule has 7 nitrogen and oxygen atoms in total. The highest BCUT2D eigenvalue weighted by Gasteiger charge is 2.44. The molecule has 2 saturated heterocycles. The molecule has 1 spiro atoms. The molecule has 2 aliphatic rings. The number of nitrogens with one attached hydrogen (secondary N) is 1. The summed E-state index contributed by atoms with van der Waals surface area (Å²) in [6.07, 6.45) is 2.17. The number of sulfonamides is 1. The van der Waals surface area contributed by atoms with Crippen molar-refractivity contribution in [3.63, 3.8) is 0 Å². The number of nitrogens with zero attached hydrogens (tertiary/aromatic N) is 2. The number of methoxy groups -OCH3 is 1. The van der Waals surface area contributed by atoms with Gasteiger partial charge in [-0.05, 0) is 55.7 Å². The molecular weight excluding hydrogens is 402 g/mol. The van der Waals surface area contributed by atoms with Crippen molar-refractivity contribution >= 4 is 15.7 Å². The first kappa shape index (κ1) is 20.7. The summed E-state index contributed by atoms with van der Waals surface area (Å²) in [5, 5.41) is 12.4. The molecule has 0 bridgehead atoms. The molecule has 2 aromatic rings. The predicted octanol–water partition coefficient (Wildman–Crippen LogP) is 2.99. The van der Waals surface area contributed by atoms with Crippen molar-refractivity contribution in [1.29, 1.82) is 5.26 Å². The van der Waals surface area contributed by atoms with Gasteiger partial charge in [-0.25, -0.2) is 8.42 Å². The molecule has 2 aliphatic heterocycles. The zero-order valence-electron chi connectivity index (χ0n) is 16.9. The molecule has 4 rings (SSSR count). The lowest BCUT2D eigenvalue weighted by Gasteiger charge is -2.38. The van der Waals surface area contributed by atoms with Gasteiger partial charge in [0.25, 0.3) is 0 Å². The van der Waals surface area contributed by atoms with Crippen molar-refractivity contribution in [1.82, 2.24) is 4.31 Å². The van der Waals surface area contributed by atoms with Gasteiger partial charge in [-0.15, -0.1) is 0 Å². The normalized spacial score (nSPS) is 21.3. The number of hydrogen-bond donors (Lipinski definition) is 1. The number of ether oxygens (including phenoxy) is 2. The zero-order chi connectivity index (χ0) is 21.2. The molecule has 0 saturated carbocycles. The van der Waals surface area contributed by atoms with Gasteiger partial charge in [0.1, 0.15) is 5.75 Å². The summed E-state index contributed by atoms with van der Waals surface area (Å²) in [7, 11) is -1.92. The average Bonchev–Trinajstić information content (AvgIpc) is 3.15. The van der Waals surface area contributed by atoms with E-state index in [0.717, 1.165) is 17.9 Å². The fourth-order valence-corrected chi connectivity index (χ4v) is 5.66. The van der Waals surface area contributed by atoms with Gasteiger partial charge in [0.2, 0.25) is 10.0 Å². The lowest BCUT2D eigenvalue weighted by atomic mass is 9.88. The number of rotatable bonds is 5. The largest absolute Gasteiger partial charge is 0.497 e. The van der Waals surface area contributed by atoms with Gasteiger partial charge < -0.3 is 14.8 Å². The van der Waals surface area contributed by atoms with Crippen LogP contribution in [0.1, 0.15) is 24.8 Å². The molecule has 1 N–H and O–H groups in total. The lowest BCUT2D eigenvalue weighted by Crippen LogP contribution is -2.46. The molecule has 2 aromatic carbocycles. The van der Waals surface area contributed by atoms with Crippen LogP contribution >= 0.6 is 0 Å². The van der Waals surface area contributed by atoms with Crippen molar-refractivity contribution in [2.75, 3.05) is 32.1 Å². The minimum Gasteiger partial charge on any atom is -0.497 e. The lowest BCUT2D eigenvalue weighted by molar-refractivity contribution is -0.0310. The van der Waals surface area contributed by atoms with Crippen LogP contribution in [-0.2, 0) is 14.8 Å². The molecule has 0 aliphatic carbocycles. The second-order valence-corrected chi connectivity index (χ2v) is 9.75. The van der Waals surface area contributed by atoms with Crippen molar-refractivity contribution < 1.29 is 17.9 Å². The van der Waals surface area contributed by atoms with Crippen molar-refractivity contribution in [3.8, 4) is 11.8 Å². The summed E-state index contributed by atoms with van der Waals surface area (Å²) in [6, 6.07) is 16.1. The topological polar surface area (TPSA) is 91.7 Å². The van der Waals surface area contributed by atoms with Crippen LogP contribution in [0.5, 0.6) is 5.75 Å². The molecule has 158 valence electrons. The molecule has 0 radical (unpaired) electrons. The van der Waals surface area contributed by atoms with Crippen LogP contribution in [0.3, 0.4) is 0 Å². The molecule has 2 fully saturated rings. The van der Waals surface area contributed by atoms with Gasteiger partial charge in [0, 0.05) is 24.8 Å². The smallest absolute Gasteiger partial charge is 0.243 e. The Labute approximate surface area is 177 Å². The SMILES string of the molecule is COc1cccc(N[C@@H]2COC3(CCN(S(=O)(=O)c4ccc(C#N)cc4)CC3)C2)c1. The first-order valence-electron chi connectivity index (χ1n) is 9.99. The first-order valence-corrected chi connectivity index (χ1v) is 11.4. The Morgan fingerprint density at radius 1 is 1.20 bits per heavy atom. The third-order valence-electron chi connectivity index (χ3n) is 5.90. The molecular formula is C22H25N3O4S. The van der Waals surface area contributed by atoms with Crippen LogP contribution in [0, 0.1) is 11.3 Å². The summed E-state index contributed by atoms with van der Waals surface area (Å²) < 4.78 is 38.8. The Bertz CT molecular complexity index is 1040. The number of nitriles is 1. The highest BCUT2D eigenvalue weighted by atomic mass is 32.2. The van der Waals surface area contributed by atoms with Gasteiger partial charge in [-0.3, -0.25) is 0 Å². The van der Waals surface area contributed by atoms with E-state index in [9.17, 15) is 8.42 Å². The van der Waals surface area contributed by atoms with Crippen LogP contribution in [0.25, 0.3) is 0 Å². The van der Waals surface area contributed by atoms with Crippen LogP contribution < -0.4 is 10.1 Å². The third kappa shape index (κ3) is 4.15. The Morgan fingerprint density at radius 3 is 2.60 bits per heavy atom. The highest BCUT2D eigenvalue weighted by molar-refractivity contribution is 7.89. The average molecular weight is 428 g/mol. The van der Waals surface area contributed by atoms with Crippen molar-refractivity contribution in [2.45, 2.75) is 35.8 Å². The summed E-state index contributed by atoms with van der Waals surface area (Å²) in [4.78, 5) is 0.224. The van der Waals surface area contributed by atoms with Crippen molar-refractivity contribution in [2.24, 2.45) is 0 Å². The van der Waals surface area contributed by atoms with Gasteiger partial charge in [0.15, 0.2) is 0 Å². The van der Waals surface area contributed by atoms with E-state index in [1.165, 1.54) is 28.6 Å². The molecule has 8 heteroatoms. The Balaban J connectivity index is 1.37. The van der Waals surface area contributed by atoms with E-state index >= 15 is 0 Å². The second-order valence-electron chi connectivity index (χ2n) is 7.81. The van der Waals surface area contributed by atoms with E-state index in [0.29, 0.717) is 38.1 Å². The zero-order valence-corrected chi connectivity index (χ0v) is 17.7. The molecule has 1 atom stereocenters. The maximum Gasteiger partial charge on any atom is 0.243 e. The Hall–Kier alpha value is -2.60. The number of benzene rings is 2. The maximum absolute atomic E-state index is 12.9. The third-order valence-corrected chi connectivity index (χ3v) is 7.82. The fraction of sp³-hybridized carbons (Fsp3) is 0.409. The summed E-state index contributed by atoms with van der Waals surface area (Å²) >= 11 is 0. The highest BCUT2D eigenvalue weighted by Crippen LogP contribution is 2.38. The Morgan fingerprint density at radius 2 is 1.93 bits per heavy atom. The van der Waals surface area contributed by atoms with E-state index < -0.39 is 10.0 Å². The van der Waals surface area contributed by atoms with E-state index in [4.69, 9.17) is 14.7 Å². The standard InChI is InChI=1S/C22H25N3O4S/c1-28-20-4-2-3-18(13-20)24-19-14-22(29-16-19)9-11-25(12-10-22)30(26,27)21-7-5-17(15-23)6-8-21/h2-8,13,19,24H,9-12,14,16H2,1H3/t19-/m0/s1. The fourth-order valence-electron chi connectivity index (χ4n) is 4.22. The minimum absolute atomic E-state index is 0.179. The maximum atomic E-state index is 12.9. The van der Waals surface area contributed by atoms with Crippen molar-refractivity contribution in [3.05, 3.63) is 54.1 Å². The van der Waals surface area contributed by atoms with E-state index in [1.807, 2.05) is 30.3 Å². The van der Waals surface area contributed by atoms with Crippen LogP contribution in [-0.4, -0.2) is 51.2 Å². The van der Waals surface area contributed by atoms with Crippen LogP contribution in [0.15, 0.2) is 53.4 Å². The van der Waals surface area contributed by atoms with Gasteiger partial charge >= 0.3 is 0 Å². The van der Waals surface area contributed by atoms with E-state index in [-0.39, 0.29) is 16.5 Å². The number of anilines is 1. The molecule has 0 aromatic heterocycles. The first-order chi connectivity index (χ1) is 14.4. The Kier molecular flexibility index (Phi) is 5.69. The summed E-state index contributed by atoms with van der Waals surface area (Å²) in [5.41, 5.74) is 1.15.